The van der Waals surface area contributed by atoms with Crippen LogP contribution in [0.3, 0.4) is 0 Å². The van der Waals surface area contributed by atoms with E-state index in [0.717, 1.165) is 32.5 Å². The molecule has 6 heteroatoms. The van der Waals surface area contributed by atoms with E-state index in [1.54, 1.807) is 31.3 Å². The lowest BCUT2D eigenvalue weighted by atomic mass is 10.1. The van der Waals surface area contributed by atoms with Crippen LogP contribution < -0.4 is 0 Å². The maximum Gasteiger partial charge on any atom is 0.243 e. The van der Waals surface area contributed by atoms with Crippen LogP contribution in [0.15, 0.2) is 29.2 Å². The molecule has 0 saturated carbocycles. The smallest absolute Gasteiger partial charge is 0.243 e. The number of benzene rings is 1. The molecule has 1 saturated heterocycles. The molecule has 0 radical (unpaired) electrons. The number of piperidine rings is 1. The van der Waals surface area contributed by atoms with Crippen LogP contribution in [0.5, 0.6) is 0 Å². The zero-order chi connectivity index (χ0) is 15.5. The molecular formula is C15H24N2O3S. The van der Waals surface area contributed by atoms with Crippen molar-refractivity contribution in [2.75, 3.05) is 26.7 Å². The predicted molar refractivity (Wildman–Crippen MR) is 82.4 cm³/mol. The molecule has 0 aromatic heterocycles. The quantitative estimate of drug-likeness (QED) is 0.890. The molecule has 0 unspecified atom stereocenters. The second-order valence-electron chi connectivity index (χ2n) is 5.49. The summed E-state index contributed by atoms with van der Waals surface area (Å²) in [5, 5.41) is 9.16. The summed E-state index contributed by atoms with van der Waals surface area (Å²) in [7, 11) is -1.83. The molecule has 118 valence electrons. The summed E-state index contributed by atoms with van der Waals surface area (Å²) in [6.45, 7) is 4.88. The van der Waals surface area contributed by atoms with Crippen molar-refractivity contribution in [2.24, 2.45) is 0 Å². The van der Waals surface area contributed by atoms with Gasteiger partial charge in [0, 0.05) is 13.1 Å². The molecule has 2 rings (SSSR count). The van der Waals surface area contributed by atoms with Crippen molar-refractivity contribution in [3.05, 3.63) is 29.8 Å². The molecule has 0 spiro atoms. The van der Waals surface area contributed by atoms with Crippen molar-refractivity contribution in [2.45, 2.75) is 37.3 Å². The first kappa shape index (κ1) is 16.4. The van der Waals surface area contributed by atoms with Crippen LogP contribution in [0, 0.1) is 0 Å². The highest BCUT2D eigenvalue weighted by molar-refractivity contribution is 7.89. The average molecular weight is 312 g/mol. The van der Waals surface area contributed by atoms with Gasteiger partial charge in [-0.15, -0.1) is 0 Å². The van der Waals surface area contributed by atoms with E-state index in [1.165, 1.54) is 4.31 Å². The molecule has 0 bridgehead atoms. The molecule has 0 aliphatic carbocycles. The zero-order valence-corrected chi connectivity index (χ0v) is 13.5. The van der Waals surface area contributed by atoms with Gasteiger partial charge in [0.05, 0.1) is 11.5 Å². The van der Waals surface area contributed by atoms with Gasteiger partial charge < -0.3 is 10.0 Å². The van der Waals surface area contributed by atoms with E-state index in [0.29, 0.717) is 5.56 Å². The fourth-order valence-electron chi connectivity index (χ4n) is 2.77. The van der Waals surface area contributed by atoms with Crippen molar-refractivity contribution in [1.82, 2.24) is 9.21 Å². The van der Waals surface area contributed by atoms with Gasteiger partial charge in [-0.1, -0.05) is 19.1 Å². The van der Waals surface area contributed by atoms with Gasteiger partial charge in [-0.25, -0.2) is 8.42 Å². The number of aliphatic hydroxyl groups is 1. The van der Waals surface area contributed by atoms with E-state index >= 15 is 0 Å². The Morgan fingerprint density at radius 3 is 2.57 bits per heavy atom. The van der Waals surface area contributed by atoms with Gasteiger partial charge >= 0.3 is 0 Å². The van der Waals surface area contributed by atoms with Crippen molar-refractivity contribution in [3.8, 4) is 0 Å². The predicted octanol–water partition coefficient (Wildman–Crippen LogP) is 1.28. The summed E-state index contributed by atoms with van der Waals surface area (Å²) in [4.78, 5) is 2.60. The molecule has 1 aromatic carbocycles. The Balaban J connectivity index is 2.15. The third kappa shape index (κ3) is 3.63. The van der Waals surface area contributed by atoms with Crippen LogP contribution in [-0.2, 0) is 16.6 Å². The lowest BCUT2D eigenvalue weighted by molar-refractivity contribution is 0.176. The fourth-order valence-corrected chi connectivity index (χ4v) is 4.25. The molecule has 0 amide bonds. The Morgan fingerprint density at radius 2 is 2.00 bits per heavy atom. The minimum absolute atomic E-state index is 0.0515. The molecule has 1 fully saturated rings. The van der Waals surface area contributed by atoms with E-state index in [2.05, 4.69) is 11.8 Å². The Labute approximate surface area is 127 Å². The number of nitrogens with zero attached hydrogens (tertiary/aromatic N) is 2. The number of sulfonamides is 1. The Bertz CT molecular complexity index is 566. The lowest BCUT2D eigenvalue weighted by Gasteiger charge is -2.35. The third-order valence-electron chi connectivity index (χ3n) is 4.28. The molecule has 1 aromatic rings. The van der Waals surface area contributed by atoms with Gasteiger partial charge in [0.25, 0.3) is 0 Å². The number of aliphatic hydroxyl groups excluding tert-OH is 1. The van der Waals surface area contributed by atoms with Gasteiger partial charge in [0.15, 0.2) is 0 Å². The number of hydrogen-bond donors (Lipinski definition) is 1. The highest BCUT2D eigenvalue weighted by atomic mass is 32.2. The lowest BCUT2D eigenvalue weighted by Crippen LogP contribution is -2.45. The Morgan fingerprint density at radius 1 is 1.33 bits per heavy atom. The van der Waals surface area contributed by atoms with Gasteiger partial charge in [-0.05, 0) is 50.2 Å². The largest absolute Gasteiger partial charge is 0.392 e. The Hall–Kier alpha value is -0.950. The summed E-state index contributed by atoms with van der Waals surface area (Å²) in [6, 6.07) is 6.58. The number of likely N-dealkylation sites (tertiary alicyclic amines) is 1. The first-order valence-corrected chi connectivity index (χ1v) is 8.83. The van der Waals surface area contributed by atoms with Crippen LogP contribution in [0.25, 0.3) is 0 Å². The molecule has 5 nitrogen and oxygen atoms in total. The summed E-state index contributed by atoms with van der Waals surface area (Å²) in [5.74, 6) is 0. The topological polar surface area (TPSA) is 60.9 Å². The number of hydrogen-bond acceptors (Lipinski definition) is 4. The molecule has 1 aliphatic rings. The average Bonchev–Trinajstić information content (AvgIpc) is 2.54. The van der Waals surface area contributed by atoms with Crippen molar-refractivity contribution in [1.29, 1.82) is 0 Å². The molecule has 21 heavy (non-hydrogen) atoms. The van der Waals surface area contributed by atoms with Gasteiger partial charge in [0.1, 0.15) is 0 Å². The molecule has 1 aliphatic heterocycles. The fraction of sp³-hybridized carbons (Fsp3) is 0.600. The Kier molecular flexibility index (Phi) is 5.37. The maximum atomic E-state index is 12.7. The molecule has 0 atom stereocenters. The first-order chi connectivity index (χ1) is 9.98. The van der Waals surface area contributed by atoms with E-state index < -0.39 is 10.0 Å². The standard InChI is InChI=1S/C15H24N2O3S/c1-3-17-9-7-14(8-10-17)16(2)21(19,20)15-6-4-5-13(11-15)12-18/h4-6,11,14,18H,3,7-10,12H2,1-2H3. The highest BCUT2D eigenvalue weighted by Gasteiger charge is 2.30. The normalized spacial score (nSPS) is 18.3. The summed E-state index contributed by atoms with van der Waals surface area (Å²) < 4.78 is 26.9. The van der Waals surface area contributed by atoms with Crippen LogP contribution >= 0.6 is 0 Å². The summed E-state index contributed by atoms with van der Waals surface area (Å²) in [6.07, 6.45) is 1.73. The zero-order valence-electron chi connectivity index (χ0n) is 12.7. The van der Waals surface area contributed by atoms with Gasteiger partial charge in [-0.3, -0.25) is 0 Å². The van der Waals surface area contributed by atoms with Crippen LogP contribution in [0.1, 0.15) is 25.3 Å². The third-order valence-corrected chi connectivity index (χ3v) is 6.18. The van der Waals surface area contributed by atoms with Crippen molar-refractivity contribution in [3.63, 3.8) is 0 Å². The van der Waals surface area contributed by atoms with E-state index in [-0.39, 0.29) is 17.5 Å². The first-order valence-electron chi connectivity index (χ1n) is 7.39. The molecule has 1 N–H and O–H groups in total. The SMILES string of the molecule is CCN1CCC(N(C)S(=O)(=O)c2cccc(CO)c2)CC1. The summed E-state index contributed by atoms with van der Waals surface area (Å²) in [5.41, 5.74) is 0.616. The van der Waals surface area contributed by atoms with E-state index in [1.807, 2.05) is 0 Å². The van der Waals surface area contributed by atoms with Crippen molar-refractivity contribution >= 4 is 10.0 Å². The minimum atomic E-state index is -3.49. The van der Waals surface area contributed by atoms with E-state index in [9.17, 15) is 8.42 Å². The van der Waals surface area contributed by atoms with E-state index in [4.69, 9.17) is 5.11 Å². The van der Waals surface area contributed by atoms with Crippen molar-refractivity contribution < 1.29 is 13.5 Å². The highest BCUT2D eigenvalue weighted by Crippen LogP contribution is 2.23. The maximum absolute atomic E-state index is 12.7. The van der Waals surface area contributed by atoms with Gasteiger partial charge in [0.2, 0.25) is 10.0 Å². The monoisotopic (exact) mass is 312 g/mol. The van der Waals surface area contributed by atoms with Crippen LogP contribution in [-0.4, -0.2) is 55.5 Å². The molecular weight excluding hydrogens is 288 g/mol. The van der Waals surface area contributed by atoms with Crippen LogP contribution in [0.4, 0.5) is 0 Å². The second-order valence-corrected chi connectivity index (χ2v) is 7.49. The van der Waals surface area contributed by atoms with Gasteiger partial charge in [-0.2, -0.15) is 4.31 Å². The summed E-state index contributed by atoms with van der Waals surface area (Å²) >= 11 is 0. The number of rotatable bonds is 5. The second kappa shape index (κ2) is 6.87. The molecule has 1 heterocycles. The minimum Gasteiger partial charge on any atom is -0.392 e. The van der Waals surface area contributed by atoms with Crippen LogP contribution in [0.2, 0.25) is 0 Å².